The molecule has 0 spiro atoms. The molecule has 16 heavy (non-hydrogen) atoms. The molecule has 2 heterocycles. The molecule has 0 radical (unpaired) electrons. The van der Waals surface area contributed by atoms with Crippen LogP contribution in [-0.2, 0) is 0 Å². The van der Waals surface area contributed by atoms with Crippen LogP contribution in [0.4, 0.5) is 0 Å². The van der Waals surface area contributed by atoms with Gasteiger partial charge in [-0.15, -0.1) is 0 Å². The van der Waals surface area contributed by atoms with Crippen molar-refractivity contribution in [2.24, 2.45) is 0 Å². The fourth-order valence-corrected chi connectivity index (χ4v) is 2.67. The van der Waals surface area contributed by atoms with E-state index in [0.717, 1.165) is 18.8 Å². The standard InChI is InChI=1S/C11H19N3OS/c1-9-12-11(13-15-9)10-5-3-6-14(10)7-4-8-16-2/h10H,3-8H2,1-2H3/t10-/m1/s1. The van der Waals surface area contributed by atoms with Crippen LogP contribution in [0, 0.1) is 6.92 Å². The van der Waals surface area contributed by atoms with Gasteiger partial charge in [0.2, 0.25) is 5.89 Å². The molecule has 4 nitrogen and oxygen atoms in total. The van der Waals surface area contributed by atoms with Crippen LogP contribution in [-0.4, -0.2) is 40.1 Å². The molecule has 0 amide bonds. The van der Waals surface area contributed by atoms with E-state index in [9.17, 15) is 0 Å². The van der Waals surface area contributed by atoms with Crippen molar-refractivity contribution in [1.29, 1.82) is 0 Å². The number of rotatable bonds is 5. The number of aryl methyl sites for hydroxylation is 1. The molecular weight excluding hydrogens is 222 g/mol. The van der Waals surface area contributed by atoms with Gasteiger partial charge in [-0.25, -0.2) is 0 Å². The summed E-state index contributed by atoms with van der Waals surface area (Å²) in [5, 5.41) is 4.04. The van der Waals surface area contributed by atoms with Crippen LogP contribution in [0.25, 0.3) is 0 Å². The molecule has 1 aromatic heterocycles. The smallest absolute Gasteiger partial charge is 0.223 e. The zero-order chi connectivity index (χ0) is 11.4. The van der Waals surface area contributed by atoms with E-state index in [1.807, 2.05) is 18.7 Å². The zero-order valence-corrected chi connectivity index (χ0v) is 10.8. The van der Waals surface area contributed by atoms with Crippen LogP contribution in [0.1, 0.15) is 37.0 Å². The number of aromatic nitrogens is 2. The molecule has 1 fully saturated rings. The SMILES string of the molecule is CSCCCN1CCC[C@@H]1c1noc(C)n1. The largest absolute Gasteiger partial charge is 0.340 e. The Labute approximate surface area is 101 Å². The lowest BCUT2D eigenvalue weighted by Crippen LogP contribution is -2.25. The summed E-state index contributed by atoms with van der Waals surface area (Å²) in [6, 6.07) is 0.388. The zero-order valence-electron chi connectivity index (χ0n) is 9.98. The van der Waals surface area contributed by atoms with E-state index in [4.69, 9.17) is 4.52 Å². The molecule has 0 N–H and O–H groups in total. The van der Waals surface area contributed by atoms with Gasteiger partial charge in [-0.1, -0.05) is 5.16 Å². The molecule has 0 bridgehead atoms. The Morgan fingerprint density at radius 3 is 3.12 bits per heavy atom. The Kier molecular flexibility index (Phi) is 4.23. The van der Waals surface area contributed by atoms with Gasteiger partial charge in [0.15, 0.2) is 5.82 Å². The summed E-state index contributed by atoms with van der Waals surface area (Å²) in [6.07, 6.45) is 5.81. The van der Waals surface area contributed by atoms with Gasteiger partial charge >= 0.3 is 0 Å². The highest BCUT2D eigenvalue weighted by molar-refractivity contribution is 7.98. The summed E-state index contributed by atoms with van der Waals surface area (Å²) in [5.41, 5.74) is 0. The van der Waals surface area contributed by atoms with Crippen LogP contribution in [0.15, 0.2) is 4.52 Å². The second-order valence-corrected chi connectivity index (χ2v) is 5.20. The van der Waals surface area contributed by atoms with Crippen molar-refractivity contribution >= 4 is 11.8 Å². The highest BCUT2D eigenvalue weighted by Crippen LogP contribution is 2.29. The van der Waals surface area contributed by atoms with Crippen LogP contribution in [0.3, 0.4) is 0 Å². The summed E-state index contributed by atoms with van der Waals surface area (Å²) in [7, 11) is 0. The van der Waals surface area contributed by atoms with Gasteiger partial charge in [0, 0.05) is 6.92 Å². The third kappa shape index (κ3) is 2.77. The maximum Gasteiger partial charge on any atom is 0.223 e. The molecule has 90 valence electrons. The first-order valence-electron chi connectivity index (χ1n) is 5.84. The van der Waals surface area contributed by atoms with E-state index in [0.29, 0.717) is 11.9 Å². The van der Waals surface area contributed by atoms with Gasteiger partial charge in [0.05, 0.1) is 6.04 Å². The van der Waals surface area contributed by atoms with E-state index in [2.05, 4.69) is 21.3 Å². The number of nitrogens with zero attached hydrogens (tertiary/aromatic N) is 3. The summed E-state index contributed by atoms with van der Waals surface area (Å²) >= 11 is 1.91. The van der Waals surface area contributed by atoms with Crippen LogP contribution in [0.2, 0.25) is 0 Å². The molecule has 1 aromatic rings. The van der Waals surface area contributed by atoms with Crippen molar-refractivity contribution in [3.05, 3.63) is 11.7 Å². The lowest BCUT2D eigenvalue weighted by Gasteiger charge is -2.21. The van der Waals surface area contributed by atoms with Crippen molar-refractivity contribution in [3.63, 3.8) is 0 Å². The van der Waals surface area contributed by atoms with E-state index in [1.54, 1.807) is 0 Å². The molecule has 0 aliphatic carbocycles. The third-order valence-electron chi connectivity index (χ3n) is 3.00. The number of thioether (sulfide) groups is 1. The maximum atomic E-state index is 5.06. The highest BCUT2D eigenvalue weighted by atomic mass is 32.2. The summed E-state index contributed by atoms with van der Waals surface area (Å²) in [5.74, 6) is 2.78. The number of likely N-dealkylation sites (tertiary alicyclic amines) is 1. The molecule has 1 aliphatic heterocycles. The molecule has 1 atom stereocenters. The van der Waals surface area contributed by atoms with Crippen molar-refractivity contribution in [1.82, 2.24) is 15.0 Å². The maximum absolute atomic E-state index is 5.06. The first kappa shape index (κ1) is 11.9. The quantitative estimate of drug-likeness (QED) is 0.740. The van der Waals surface area contributed by atoms with E-state index in [1.165, 1.54) is 25.1 Å². The topological polar surface area (TPSA) is 42.2 Å². The molecular formula is C11H19N3OS. The molecule has 0 saturated carbocycles. The Bertz CT molecular complexity index is 329. The first-order valence-corrected chi connectivity index (χ1v) is 7.24. The van der Waals surface area contributed by atoms with Gasteiger partial charge < -0.3 is 4.52 Å². The van der Waals surface area contributed by atoms with Gasteiger partial charge in [-0.3, -0.25) is 4.90 Å². The van der Waals surface area contributed by atoms with E-state index >= 15 is 0 Å². The molecule has 2 rings (SSSR count). The van der Waals surface area contributed by atoms with Crippen molar-refractivity contribution in [2.45, 2.75) is 32.2 Å². The Balaban J connectivity index is 1.92. The van der Waals surface area contributed by atoms with Gasteiger partial charge in [-0.2, -0.15) is 16.7 Å². The van der Waals surface area contributed by atoms with Crippen LogP contribution < -0.4 is 0 Å². The Morgan fingerprint density at radius 1 is 1.56 bits per heavy atom. The minimum Gasteiger partial charge on any atom is -0.340 e. The number of hydrogen-bond donors (Lipinski definition) is 0. The van der Waals surface area contributed by atoms with Crippen LogP contribution in [0.5, 0.6) is 0 Å². The Hall–Kier alpha value is -0.550. The number of hydrogen-bond acceptors (Lipinski definition) is 5. The van der Waals surface area contributed by atoms with Crippen LogP contribution >= 0.6 is 11.8 Å². The fourth-order valence-electron chi connectivity index (χ4n) is 2.25. The molecule has 5 heteroatoms. The second-order valence-electron chi connectivity index (χ2n) is 4.21. The van der Waals surface area contributed by atoms with Gasteiger partial charge in [-0.05, 0) is 44.4 Å². The molecule has 1 saturated heterocycles. The average molecular weight is 241 g/mol. The highest BCUT2D eigenvalue weighted by Gasteiger charge is 2.28. The van der Waals surface area contributed by atoms with Gasteiger partial charge in [0.1, 0.15) is 0 Å². The fraction of sp³-hybridized carbons (Fsp3) is 0.818. The summed E-state index contributed by atoms with van der Waals surface area (Å²) in [4.78, 5) is 6.83. The monoisotopic (exact) mass is 241 g/mol. The first-order chi connectivity index (χ1) is 7.81. The molecule has 0 aromatic carbocycles. The molecule has 1 aliphatic rings. The van der Waals surface area contributed by atoms with Crippen molar-refractivity contribution in [3.8, 4) is 0 Å². The summed E-state index contributed by atoms with van der Waals surface area (Å²) in [6.45, 7) is 4.18. The van der Waals surface area contributed by atoms with E-state index in [-0.39, 0.29) is 0 Å². The average Bonchev–Trinajstić information content (AvgIpc) is 2.87. The lowest BCUT2D eigenvalue weighted by atomic mass is 10.2. The lowest BCUT2D eigenvalue weighted by molar-refractivity contribution is 0.243. The van der Waals surface area contributed by atoms with Gasteiger partial charge in [0.25, 0.3) is 0 Å². The predicted octanol–water partition coefficient (Wildman–Crippen LogP) is 2.27. The Morgan fingerprint density at radius 2 is 2.44 bits per heavy atom. The van der Waals surface area contributed by atoms with Crippen molar-refractivity contribution < 1.29 is 4.52 Å². The third-order valence-corrected chi connectivity index (χ3v) is 3.70. The molecule has 0 unspecified atom stereocenters. The van der Waals surface area contributed by atoms with Crippen molar-refractivity contribution in [2.75, 3.05) is 25.1 Å². The minimum atomic E-state index is 0.388. The second kappa shape index (κ2) is 5.68. The minimum absolute atomic E-state index is 0.388. The predicted molar refractivity (Wildman–Crippen MR) is 65.6 cm³/mol. The normalized spacial score (nSPS) is 21.8. The summed E-state index contributed by atoms with van der Waals surface area (Å²) < 4.78 is 5.06. The van der Waals surface area contributed by atoms with E-state index < -0.39 is 0 Å².